The van der Waals surface area contributed by atoms with Crippen molar-refractivity contribution < 1.29 is 9.47 Å². The molecule has 2 rings (SSSR count). The highest BCUT2D eigenvalue weighted by molar-refractivity contribution is 5.52. The van der Waals surface area contributed by atoms with E-state index in [1.165, 1.54) is 0 Å². The molecule has 0 amide bonds. The molecule has 0 saturated heterocycles. The lowest BCUT2D eigenvalue weighted by Gasteiger charge is -2.30. The van der Waals surface area contributed by atoms with Crippen molar-refractivity contribution in [3.8, 4) is 0 Å². The highest BCUT2D eigenvalue weighted by atomic mass is 16.5. The summed E-state index contributed by atoms with van der Waals surface area (Å²) in [6, 6.07) is 0. The molecule has 2 N–H and O–H groups in total. The summed E-state index contributed by atoms with van der Waals surface area (Å²) in [7, 11) is 3.35. The number of rotatable bonds is 4. The fourth-order valence-corrected chi connectivity index (χ4v) is 2.10. The van der Waals surface area contributed by atoms with Gasteiger partial charge in [0, 0.05) is 44.4 Å². The lowest BCUT2D eigenvalue weighted by Crippen LogP contribution is -2.40. The molecule has 0 aliphatic heterocycles. The SMILES string of the molecule is COC1=C(C2=CC=CC=[C+]2)C=CC(CN)(OC)C1. The lowest BCUT2D eigenvalue weighted by molar-refractivity contribution is 0.0266. The zero-order valence-corrected chi connectivity index (χ0v) is 10.8. The van der Waals surface area contributed by atoms with Gasteiger partial charge in [-0.05, 0) is 12.2 Å². The van der Waals surface area contributed by atoms with Gasteiger partial charge in [0.25, 0.3) is 0 Å². The second-order valence-corrected chi connectivity index (χ2v) is 4.30. The van der Waals surface area contributed by atoms with Crippen molar-refractivity contribution in [3.63, 3.8) is 0 Å². The van der Waals surface area contributed by atoms with Gasteiger partial charge in [0.05, 0.1) is 13.2 Å². The smallest absolute Gasteiger partial charge is 0.158 e. The van der Waals surface area contributed by atoms with Gasteiger partial charge >= 0.3 is 0 Å². The molecule has 3 heteroatoms. The number of hydrogen-bond donors (Lipinski definition) is 1. The number of ether oxygens (including phenoxy) is 2. The van der Waals surface area contributed by atoms with E-state index in [4.69, 9.17) is 15.2 Å². The molecular weight excluding hydrogens is 226 g/mol. The van der Waals surface area contributed by atoms with Crippen LogP contribution >= 0.6 is 0 Å². The number of nitrogens with two attached hydrogens (primary N) is 1. The molecule has 0 aromatic heterocycles. The first-order chi connectivity index (χ1) is 8.74. The molecule has 0 aromatic carbocycles. The van der Waals surface area contributed by atoms with Crippen molar-refractivity contribution in [2.45, 2.75) is 12.0 Å². The maximum Gasteiger partial charge on any atom is 0.158 e. The van der Waals surface area contributed by atoms with Crippen LogP contribution in [0.25, 0.3) is 0 Å². The van der Waals surface area contributed by atoms with Crippen molar-refractivity contribution in [2.24, 2.45) is 5.73 Å². The van der Waals surface area contributed by atoms with Crippen molar-refractivity contribution in [1.82, 2.24) is 0 Å². The average molecular weight is 244 g/mol. The molecule has 0 fully saturated rings. The molecule has 18 heavy (non-hydrogen) atoms. The Hall–Kier alpha value is -1.67. The third-order valence-electron chi connectivity index (χ3n) is 3.31. The van der Waals surface area contributed by atoms with Gasteiger partial charge in [-0.2, -0.15) is 0 Å². The number of methoxy groups -OCH3 is 2. The molecular formula is C15H18NO2+. The minimum Gasteiger partial charge on any atom is -0.491 e. The second kappa shape index (κ2) is 5.32. The zero-order chi connectivity index (χ0) is 13.0. The van der Waals surface area contributed by atoms with Crippen LogP contribution in [0.1, 0.15) is 6.42 Å². The van der Waals surface area contributed by atoms with Crippen LogP contribution in [0.5, 0.6) is 0 Å². The first-order valence-corrected chi connectivity index (χ1v) is 5.93. The Morgan fingerprint density at radius 1 is 1.39 bits per heavy atom. The highest BCUT2D eigenvalue weighted by Crippen LogP contribution is 2.33. The van der Waals surface area contributed by atoms with Crippen LogP contribution in [0.2, 0.25) is 0 Å². The van der Waals surface area contributed by atoms with E-state index in [0.717, 1.165) is 16.9 Å². The Bertz CT molecular complexity index is 463. The van der Waals surface area contributed by atoms with Crippen LogP contribution in [-0.4, -0.2) is 26.4 Å². The molecule has 3 nitrogen and oxygen atoms in total. The first kappa shape index (κ1) is 12.8. The zero-order valence-electron chi connectivity index (χ0n) is 10.8. The third kappa shape index (κ3) is 2.29. The molecule has 2 aliphatic rings. The van der Waals surface area contributed by atoms with Crippen LogP contribution in [-0.2, 0) is 9.47 Å². The predicted octanol–water partition coefficient (Wildman–Crippen LogP) is 2.05. The Labute approximate surface area is 108 Å². The maximum absolute atomic E-state index is 5.79. The summed E-state index contributed by atoms with van der Waals surface area (Å²) in [5.41, 5.74) is 7.39. The summed E-state index contributed by atoms with van der Waals surface area (Å²) in [5, 5.41) is 0. The van der Waals surface area contributed by atoms with Gasteiger partial charge in [0.2, 0.25) is 0 Å². The van der Waals surface area contributed by atoms with Gasteiger partial charge < -0.3 is 15.2 Å². The number of hydrogen-bond acceptors (Lipinski definition) is 3. The van der Waals surface area contributed by atoms with Crippen LogP contribution in [0.15, 0.2) is 53.4 Å². The summed E-state index contributed by atoms with van der Waals surface area (Å²) < 4.78 is 11.0. The second-order valence-electron chi connectivity index (χ2n) is 4.30. The van der Waals surface area contributed by atoms with Gasteiger partial charge in [-0.15, -0.1) is 0 Å². The Morgan fingerprint density at radius 2 is 2.22 bits per heavy atom. The molecule has 0 aromatic rings. The van der Waals surface area contributed by atoms with E-state index in [-0.39, 0.29) is 0 Å². The average Bonchev–Trinajstić information content (AvgIpc) is 2.47. The van der Waals surface area contributed by atoms with E-state index in [1.54, 1.807) is 14.2 Å². The molecule has 1 atom stereocenters. The molecule has 0 radical (unpaired) electrons. The van der Waals surface area contributed by atoms with Gasteiger partial charge in [-0.1, -0.05) is 0 Å². The molecule has 0 heterocycles. The van der Waals surface area contributed by atoms with Crippen molar-refractivity contribution in [2.75, 3.05) is 20.8 Å². The van der Waals surface area contributed by atoms with Crippen molar-refractivity contribution in [1.29, 1.82) is 0 Å². The summed E-state index contributed by atoms with van der Waals surface area (Å²) in [5.74, 6) is 0.882. The first-order valence-electron chi connectivity index (χ1n) is 5.93. The largest absolute Gasteiger partial charge is 0.491 e. The third-order valence-corrected chi connectivity index (χ3v) is 3.31. The molecule has 0 bridgehead atoms. The van der Waals surface area contributed by atoms with Gasteiger partial charge in [-0.25, -0.2) is 0 Å². The van der Waals surface area contributed by atoms with E-state index in [9.17, 15) is 0 Å². The molecule has 0 spiro atoms. The topological polar surface area (TPSA) is 44.5 Å². The van der Waals surface area contributed by atoms with Crippen LogP contribution < -0.4 is 5.73 Å². The standard InChI is InChI=1S/C15H18NO2/c1-17-14-10-15(11-16,18-2)9-8-13(14)12-6-4-3-5-7-12/h3-6,8-9H,10-11,16H2,1-2H3/q+1. The van der Waals surface area contributed by atoms with Crippen LogP contribution in [0.4, 0.5) is 0 Å². The number of allylic oxidation sites excluding steroid dienone is 8. The fraction of sp³-hybridized carbons (Fsp3) is 0.333. The minimum absolute atomic E-state index is 0.429. The van der Waals surface area contributed by atoms with E-state index in [1.807, 2.05) is 36.5 Å². The molecule has 1 unspecified atom stereocenters. The lowest BCUT2D eigenvalue weighted by atomic mass is 9.87. The maximum atomic E-state index is 5.79. The predicted molar refractivity (Wildman–Crippen MR) is 71.6 cm³/mol. The Balaban J connectivity index is 2.34. The highest BCUT2D eigenvalue weighted by Gasteiger charge is 2.34. The summed E-state index contributed by atoms with van der Waals surface area (Å²) in [6.07, 6.45) is 15.7. The van der Waals surface area contributed by atoms with E-state index >= 15 is 0 Å². The monoisotopic (exact) mass is 244 g/mol. The van der Waals surface area contributed by atoms with Crippen LogP contribution in [0, 0.1) is 6.08 Å². The molecule has 94 valence electrons. The summed E-state index contributed by atoms with van der Waals surface area (Å²) in [6.45, 7) is 0.429. The van der Waals surface area contributed by atoms with Gasteiger partial charge in [-0.3, -0.25) is 0 Å². The normalized spacial score (nSPS) is 26.1. The Morgan fingerprint density at radius 3 is 2.78 bits per heavy atom. The van der Waals surface area contributed by atoms with Gasteiger partial charge in [0.15, 0.2) is 5.57 Å². The summed E-state index contributed by atoms with van der Waals surface area (Å²) >= 11 is 0. The summed E-state index contributed by atoms with van der Waals surface area (Å²) in [4.78, 5) is 0. The minimum atomic E-state index is -0.455. The van der Waals surface area contributed by atoms with E-state index in [2.05, 4.69) is 6.08 Å². The van der Waals surface area contributed by atoms with Crippen LogP contribution in [0.3, 0.4) is 0 Å². The van der Waals surface area contributed by atoms with Gasteiger partial charge in [0.1, 0.15) is 16.9 Å². The van der Waals surface area contributed by atoms with E-state index in [0.29, 0.717) is 13.0 Å². The molecule has 0 saturated carbocycles. The Kier molecular flexibility index (Phi) is 3.78. The fourth-order valence-electron chi connectivity index (χ4n) is 2.10. The quantitative estimate of drug-likeness (QED) is 0.770. The van der Waals surface area contributed by atoms with Crippen molar-refractivity contribution in [3.05, 3.63) is 59.4 Å². The van der Waals surface area contributed by atoms with Crippen molar-refractivity contribution >= 4 is 0 Å². The molecule has 2 aliphatic carbocycles. The van der Waals surface area contributed by atoms with E-state index < -0.39 is 5.60 Å².